The summed E-state index contributed by atoms with van der Waals surface area (Å²) in [6, 6.07) is 7.54. The molecule has 1 aromatic carbocycles. The number of hydrogen-bond donors (Lipinski definition) is 2. The molecule has 1 amide bonds. The molecule has 76 valence electrons. The highest BCUT2D eigenvalue weighted by Gasteiger charge is 2.02. The van der Waals surface area contributed by atoms with Crippen LogP contribution in [0.25, 0.3) is 0 Å². The largest absolute Gasteiger partial charge is 0.324 e. The maximum Gasteiger partial charge on any atom is 0.238 e. The molecule has 14 heavy (non-hydrogen) atoms. The Labute approximate surface area is 92.0 Å². The Morgan fingerprint density at radius 3 is 2.79 bits per heavy atom. The first-order valence-electron chi connectivity index (χ1n) is 4.49. The molecule has 3 nitrogen and oxygen atoms in total. The number of para-hydroxylation sites is 1. The van der Waals surface area contributed by atoms with E-state index in [0.717, 1.165) is 16.7 Å². The van der Waals surface area contributed by atoms with E-state index in [1.165, 1.54) is 0 Å². The second kappa shape index (κ2) is 5.78. The number of anilines is 1. The van der Waals surface area contributed by atoms with Gasteiger partial charge in [0.25, 0.3) is 0 Å². The first kappa shape index (κ1) is 11.2. The zero-order chi connectivity index (χ0) is 10.4. The monoisotopic (exact) mass is 256 g/mol. The zero-order valence-electron chi connectivity index (χ0n) is 8.01. The highest BCUT2D eigenvalue weighted by atomic mass is 79.9. The molecule has 0 fully saturated rings. The zero-order valence-corrected chi connectivity index (χ0v) is 9.60. The summed E-state index contributed by atoms with van der Waals surface area (Å²) in [7, 11) is 0. The third-order valence-corrected chi connectivity index (χ3v) is 2.38. The molecule has 0 saturated carbocycles. The minimum absolute atomic E-state index is 0.0289. The van der Waals surface area contributed by atoms with E-state index in [4.69, 9.17) is 0 Å². The molecular weight excluding hydrogens is 244 g/mol. The van der Waals surface area contributed by atoms with E-state index in [9.17, 15) is 4.79 Å². The molecule has 0 saturated heterocycles. The molecule has 4 heteroatoms. The van der Waals surface area contributed by atoms with Crippen molar-refractivity contribution in [3.05, 3.63) is 28.7 Å². The number of benzene rings is 1. The van der Waals surface area contributed by atoms with Crippen LogP contribution in [0.3, 0.4) is 0 Å². The lowest BCUT2D eigenvalue weighted by atomic mass is 10.3. The van der Waals surface area contributed by atoms with E-state index < -0.39 is 0 Å². The topological polar surface area (TPSA) is 41.1 Å². The van der Waals surface area contributed by atoms with E-state index in [1.54, 1.807) is 0 Å². The van der Waals surface area contributed by atoms with Crippen molar-refractivity contribution in [1.82, 2.24) is 5.32 Å². The molecule has 0 spiro atoms. The SMILES string of the molecule is CCNCC(=O)Nc1ccccc1Br. The average molecular weight is 257 g/mol. The van der Waals surface area contributed by atoms with Crippen molar-refractivity contribution in [3.63, 3.8) is 0 Å². The fourth-order valence-corrected chi connectivity index (χ4v) is 1.38. The molecule has 0 aliphatic carbocycles. The van der Waals surface area contributed by atoms with Crippen molar-refractivity contribution in [1.29, 1.82) is 0 Å². The first-order chi connectivity index (χ1) is 6.74. The van der Waals surface area contributed by atoms with Crippen LogP contribution in [-0.2, 0) is 4.79 Å². The van der Waals surface area contributed by atoms with Gasteiger partial charge in [0.05, 0.1) is 12.2 Å². The van der Waals surface area contributed by atoms with Gasteiger partial charge in [0.15, 0.2) is 0 Å². The summed E-state index contributed by atoms with van der Waals surface area (Å²) in [5.41, 5.74) is 0.801. The Bertz CT molecular complexity index is 315. The van der Waals surface area contributed by atoms with Gasteiger partial charge in [0.1, 0.15) is 0 Å². The van der Waals surface area contributed by atoms with Crippen LogP contribution in [0.2, 0.25) is 0 Å². The van der Waals surface area contributed by atoms with E-state index in [0.29, 0.717) is 6.54 Å². The van der Waals surface area contributed by atoms with Crippen LogP contribution in [0.1, 0.15) is 6.92 Å². The molecule has 0 atom stereocenters. The van der Waals surface area contributed by atoms with Gasteiger partial charge in [0, 0.05) is 4.47 Å². The second-order valence-electron chi connectivity index (χ2n) is 2.81. The smallest absolute Gasteiger partial charge is 0.238 e. The molecule has 0 aromatic heterocycles. The predicted molar refractivity (Wildman–Crippen MR) is 61.3 cm³/mol. The van der Waals surface area contributed by atoms with E-state index >= 15 is 0 Å². The van der Waals surface area contributed by atoms with E-state index in [1.807, 2.05) is 31.2 Å². The average Bonchev–Trinajstić information content (AvgIpc) is 2.18. The number of amides is 1. The Morgan fingerprint density at radius 2 is 2.14 bits per heavy atom. The van der Waals surface area contributed by atoms with Gasteiger partial charge in [-0.05, 0) is 34.6 Å². The summed E-state index contributed by atoms with van der Waals surface area (Å²) < 4.78 is 0.893. The summed E-state index contributed by atoms with van der Waals surface area (Å²) in [5.74, 6) is -0.0289. The van der Waals surface area contributed by atoms with Gasteiger partial charge in [-0.1, -0.05) is 19.1 Å². The van der Waals surface area contributed by atoms with Crippen LogP contribution in [0.15, 0.2) is 28.7 Å². The first-order valence-corrected chi connectivity index (χ1v) is 5.28. The second-order valence-corrected chi connectivity index (χ2v) is 3.66. The normalized spacial score (nSPS) is 9.86. The Hall–Kier alpha value is -0.870. The Kier molecular flexibility index (Phi) is 4.62. The van der Waals surface area contributed by atoms with Gasteiger partial charge in [-0.3, -0.25) is 4.79 Å². The number of carbonyl (C=O) groups is 1. The fourth-order valence-electron chi connectivity index (χ4n) is 0.996. The molecule has 0 aliphatic heterocycles. The molecule has 1 rings (SSSR count). The maximum absolute atomic E-state index is 11.3. The summed E-state index contributed by atoms with van der Waals surface area (Å²) >= 11 is 3.36. The lowest BCUT2D eigenvalue weighted by molar-refractivity contribution is -0.115. The van der Waals surface area contributed by atoms with Gasteiger partial charge in [-0.25, -0.2) is 0 Å². The van der Waals surface area contributed by atoms with Crippen molar-refractivity contribution < 1.29 is 4.79 Å². The summed E-state index contributed by atoms with van der Waals surface area (Å²) in [6.45, 7) is 3.10. The highest BCUT2D eigenvalue weighted by molar-refractivity contribution is 9.10. The lowest BCUT2D eigenvalue weighted by Gasteiger charge is -2.06. The molecule has 0 heterocycles. The quantitative estimate of drug-likeness (QED) is 0.866. The standard InChI is InChI=1S/C10H13BrN2O/c1-2-12-7-10(14)13-9-6-4-3-5-8(9)11/h3-6,12H,2,7H2,1H3,(H,13,14). The molecule has 0 unspecified atom stereocenters. The Morgan fingerprint density at radius 1 is 1.43 bits per heavy atom. The van der Waals surface area contributed by atoms with Crippen molar-refractivity contribution in [3.8, 4) is 0 Å². The minimum atomic E-state index is -0.0289. The molecule has 0 aliphatic rings. The van der Waals surface area contributed by atoms with Crippen LogP contribution in [-0.4, -0.2) is 19.0 Å². The van der Waals surface area contributed by atoms with Gasteiger partial charge in [0.2, 0.25) is 5.91 Å². The van der Waals surface area contributed by atoms with E-state index in [-0.39, 0.29) is 5.91 Å². The van der Waals surface area contributed by atoms with Gasteiger partial charge >= 0.3 is 0 Å². The summed E-state index contributed by atoms with van der Waals surface area (Å²) in [4.78, 5) is 11.3. The van der Waals surface area contributed by atoms with Crippen molar-refractivity contribution in [2.45, 2.75) is 6.92 Å². The summed E-state index contributed by atoms with van der Waals surface area (Å²) in [6.07, 6.45) is 0. The predicted octanol–water partition coefficient (Wildman–Crippen LogP) is 2.00. The van der Waals surface area contributed by atoms with Crippen LogP contribution in [0.5, 0.6) is 0 Å². The van der Waals surface area contributed by atoms with E-state index in [2.05, 4.69) is 26.6 Å². The molecule has 0 radical (unpaired) electrons. The van der Waals surface area contributed by atoms with Crippen molar-refractivity contribution in [2.75, 3.05) is 18.4 Å². The van der Waals surface area contributed by atoms with Crippen LogP contribution in [0, 0.1) is 0 Å². The van der Waals surface area contributed by atoms with Gasteiger partial charge in [-0.15, -0.1) is 0 Å². The fraction of sp³-hybridized carbons (Fsp3) is 0.300. The third-order valence-electron chi connectivity index (χ3n) is 1.68. The van der Waals surface area contributed by atoms with Crippen LogP contribution >= 0.6 is 15.9 Å². The highest BCUT2D eigenvalue weighted by Crippen LogP contribution is 2.20. The number of halogens is 1. The minimum Gasteiger partial charge on any atom is -0.324 e. The Balaban J connectivity index is 2.52. The lowest BCUT2D eigenvalue weighted by Crippen LogP contribution is -2.27. The number of carbonyl (C=O) groups excluding carboxylic acids is 1. The maximum atomic E-state index is 11.3. The summed E-state index contributed by atoms with van der Waals surface area (Å²) in [5, 5.41) is 5.76. The number of nitrogens with one attached hydrogen (secondary N) is 2. The van der Waals surface area contributed by atoms with Crippen LogP contribution < -0.4 is 10.6 Å². The van der Waals surface area contributed by atoms with Crippen molar-refractivity contribution >= 4 is 27.5 Å². The molecule has 1 aromatic rings. The molecule has 2 N–H and O–H groups in total. The van der Waals surface area contributed by atoms with Gasteiger partial charge < -0.3 is 10.6 Å². The number of rotatable bonds is 4. The number of likely N-dealkylation sites (N-methyl/N-ethyl adjacent to an activating group) is 1. The van der Waals surface area contributed by atoms with Gasteiger partial charge in [-0.2, -0.15) is 0 Å². The van der Waals surface area contributed by atoms with Crippen molar-refractivity contribution in [2.24, 2.45) is 0 Å². The third kappa shape index (κ3) is 3.47. The number of hydrogen-bond acceptors (Lipinski definition) is 2. The molecular formula is C10H13BrN2O. The molecule has 0 bridgehead atoms. The van der Waals surface area contributed by atoms with Crippen LogP contribution in [0.4, 0.5) is 5.69 Å².